The molecule has 2 nitrogen and oxygen atoms in total. The zero-order valence-electron chi connectivity index (χ0n) is 11.1. The maximum Gasteiger partial charge on any atom is 0.246 e. The summed E-state index contributed by atoms with van der Waals surface area (Å²) < 4.78 is 0. The molecule has 1 heterocycles. The number of carbonyl (C=O) groups is 1. The number of allylic oxidation sites excluding steroid dienone is 2. The van der Waals surface area contributed by atoms with Crippen molar-refractivity contribution in [1.29, 1.82) is 0 Å². The highest BCUT2D eigenvalue weighted by Gasteiger charge is 2.52. The van der Waals surface area contributed by atoms with E-state index in [1.807, 2.05) is 23.1 Å². The molecule has 3 rings (SSSR count). The smallest absolute Gasteiger partial charge is 0.246 e. The Balaban J connectivity index is 1.93. The second kappa shape index (κ2) is 4.68. The molecular formula is C16H18ClNO. The van der Waals surface area contributed by atoms with Crippen LogP contribution in [0.25, 0.3) is 0 Å². The molecule has 100 valence electrons. The molecule has 2 aliphatic rings. The monoisotopic (exact) mass is 275 g/mol. The van der Waals surface area contributed by atoms with Crippen LogP contribution in [0, 0.1) is 5.41 Å². The summed E-state index contributed by atoms with van der Waals surface area (Å²) in [6, 6.07) is 10.1. The standard InChI is InChI=1S/C16H18ClNO/c1-16-10-6-5-9-13(16)18(15(19)14(16)17)11-12-7-3-2-4-8-12/h2-4,7-9,14H,5-6,10-11H2,1H3. The van der Waals surface area contributed by atoms with Gasteiger partial charge in [0.05, 0.1) is 6.54 Å². The lowest BCUT2D eigenvalue weighted by atomic mass is 9.77. The molecule has 0 radical (unpaired) electrons. The quantitative estimate of drug-likeness (QED) is 0.754. The van der Waals surface area contributed by atoms with Crippen molar-refractivity contribution in [3.63, 3.8) is 0 Å². The van der Waals surface area contributed by atoms with Gasteiger partial charge in [-0.25, -0.2) is 0 Å². The molecule has 2 atom stereocenters. The lowest BCUT2D eigenvalue weighted by Crippen LogP contribution is -2.28. The van der Waals surface area contributed by atoms with Crippen molar-refractivity contribution in [3.05, 3.63) is 47.7 Å². The van der Waals surface area contributed by atoms with E-state index >= 15 is 0 Å². The highest BCUT2D eigenvalue weighted by molar-refractivity contribution is 6.32. The van der Waals surface area contributed by atoms with Gasteiger partial charge in [0.1, 0.15) is 5.38 Å². The van der Waals surface area contributed by atoms with Crippen LogP contribution in [-0.4, -0.2) is 16.2 Å². The van der Waals surface area contributed by atoms with Crippen molar-refractivity contribution in [2.45, 2.75) is 38.1 Å². The molecule has 1 aliphatic carbocycles. The van der Waals surface area contributed by atoms with Crippen LogP contribution in [0.3, 0.4) is 0 Å². The molecule has 3 heteroatoms. The van der Waals surface area contributed by atoms with Crippen molar-refractivity contribution in [3.8, 4) is 0 Å². The van der Waals surface area contributed by atoms with Crippen LogP contribution in [0.4, 0.5) is 0 Å². The molecule has 0 N–H and O–H groups in total. The number of benzene rings is 1. The highest BCUT2D eigenvalue weighted by Crippen LogP contribution is 2.50. The van der Waals surface area contributed by atoms with Gasteiger partial charge < -0.3 is 4.90 Å². The molecular weight excluding hydrogens is 258 g/mol. The van der Waals surface area contributed by atoms with E-state index in [-0.39, 0.29) is 11.3 Å². The number of rotatable bonds is 2. The fraction of sp³-hybridized carbons (Fsp3) is 0.438. The van der Waals surface area contributed by atoms with Gasteiger partial charge in [-0.1, -0.05) is 43.3 Å². The van der Waals surface area contributed by atoms with E-state index in [1.165, 1.54) is 0 Å². The van der Waals surface area contributed by atoms with Gasteiger partial charge >= 0.3 is 0 Å². The van der Waals surface area contributed by atoms with Gasteiger partial charge in [0, 0.05) is 11.1 Å². The van der Waals surface area contributed by atoms with Gasteiger partial charge in [0.15, 0.2) is 0 Å². The Bertz CT molecular complexity index is 525. The molecule has 0 aromatic heterocycles. The maximum absolute atomic E-state index is 12.4. The van der Waals surface area contributed by atoms with Crippen LogP contribution in [0.2, 0.25) is 0 Å². The molecule has 0 spiro atoms. The van der Waals surface area contributed by atoms with Gasteiger partial charge in [-0.2, -0.15) is 0 Å². The number of nitrogens with zero attached hydrogens (tertiary/aromatic N) is 1. The first-order chi connectivity index (χ1) is 9.13. The minimum absolute atomic E-state index is 0.0566. The summed E-state index contributed by atoms with van der Waals surface area (Å²) in [5, 5.41) is -0.414. The molecule has 1 amide bonds. The number of fused-ring (bicyclic) bond motifs is 1. The first-order valence-corrected chi connectivity index (χ1v) is 7.26. The van der Waals surface area contributed by atoms with Gasteiger partial charge in [-0.05, 0) is 24.8 Å². The Morgan fingerprint density at radius 3 is 2.84 bits per heavy atom. The third-order valence-corrected chi connectivity index (χ3v) is 5.01. The molecule has 0 saturated carbocycles. The summed E-state index contributed by atoms with van der Waals surface area (Å²) in [7, 11) is 0. The first kappa shape index (κ1) is 12.7. The lowest BCUT2D eigenvalue weighted by molar-refractivity contribution is -0.127. The molecule has 0 bridgehead atoms. The minimum atomic E-state index is -0.414. The van der Waals surface area contributed by atoms with E-state index in [0.717, 1.165) is 30.5 Å². The van der Waals surface area contributed by atoms with E-state index < -0.39 is 5.38 Å². The molecule has 2 unspecified atom stereocenters. The topological polar surface area (TPSA) is 20.3 Å². The summed E-state index contributed by atoms with van der Waals surface area (Å²) >= 11 is 6.41. The van der Waals surface area contributed by atoms with Crippen LogP contribution in [0.1, 0.15) is 31.7 Å². The van der Waals surface area contributed by atoms with Crippen molar-refractivity contribution < 1.29 is 4.79 Å². The van der Waals surface area contributed by atoms with Gasteiger partial charge in [0.25, 0.3) is 0 Å². The maximum atomic E-state index is 12.4. The van der Waals surface area contributed by atoms with Crippen LogP contribution in [-0.2, 0) is 11.3 Å². The number of alkyl halides is 1. The van der Waals surface area contributed by atoms with Gasteiger partial charge in [0.2, 0.25) is 5.91 Å². The zero-order chi connectivity index (χ0) is 13.5. The largest absolute Gasteiger partial charge is 0.310 e. The van der Waals surface area contributed by atoms with Crippen LogP contribution >= 0.6 is 11.6 Å². The average molecular weight is 276 g/mol. The minimum Gasteiger partial charge on any atom is -0.310 e. The third-order valence-electron chi connectivity index (χ3n) is 4.34. The van der Waals surface area contributed by atoms with Crippen molar-refractivity contribution in [2.24, 2.45) is 5.41 Å². The van der Waals surface area contributed by atoms with E-state index in [0.29, 0.717) is 6.54 Å². The molecule has 1 aliphatic heterocycles. The first-order valence-electron chi connectivity index (χ1n) is 6.83. The summed E-state index contributed by atoms with van der Waals surface area (Å²) in [6.07, 6.45) is 5.37. The Labute approximate surface area is 119 Å². The second-order valence-corrected chi connectivity index (χ2v) is 6.11. The number of carbonyl (C=O) groups excluding carboxylic acids is 1. The molecule has 19 heavy (non-hydrogen) atoms. The summed E-state index contributed by atoms with van der Waals surface area (Å²) in [6.45, 7) is 2.75. The van der Waals surface area contributed by atoms with Crippen molar-refractivity contribution in [2.75, 3.05) is 0 Å². The number of likely N-dealkylation sites (tertiary alicyclic amines) is 1. The fourth-order valence-electron chi connectivity index (χ4n) is 3.20. The Morgan fingerprint density at radius 1 is 1.37 bits per heavy atom. The van der Waals surface area contributed by atoms with E-state index in [1.54, 1.807) is 0 Å². The van der Waals surface area contributed by atoms with Crippen molar-refractivity contribution in [1.82, 2.24) is 4.90 Å². The van der Waals surface area contributed by atoms with Crippen LogP contribution < -0.4 is 0 Å². The SMILES string of the molecule is CC12CCCC=C1N(Cc1ccccc1)C(=O)C2Cl. The van der Waals surface area contributed by atoms with E-state index in [2.05, 4.69) is 25.1 Å². The summed E-state index contributed by atoms with van der Waals surface area (Å²) in [4.78, 5) is 14.3. The molecule has 1 saturated heterocycles. The number of hydrogen-bond donors (Lipinski definition) is 0. The normalized spacial score (nSPS) is 30.2. The Hall–Kier alpha value is -1.28. The lowest BCUT2D eigenvalue weighted by Gasteiger charge is -2.32. The van der Waals surface area contributed by atoms with Crippen LogP contribution in [0.5, 0.6) is 0 Å². The summed E-state index contributed by atoms with van der Waals surface area (Å²) in [5.41, 5.74) is 2.11. The molecule has 1 fully saturated rings. The zero-order valence-corrected chi connectivity index (χ0v) is 11.9. The van der Waals surface area contributed by atoms with Crippen LogP contribution in [0.15, 0.2) is 42.1 Å². The van der Waals surface area contributed by atoms with E-state index in [9.17, 15) is 4.79 Å². The number of halogens is 1. The van der Waals surface area contributed by atoms with Gasteiger partial charge in [-0.15, -0.1) is 11.6 Å². The predicted octanol–water partition coefficient (Wildman–Crippen LogP) is 3.71. The Kier molecular flexibility index (Phi) is 3.14. The Morgan fingerprint density at radius 2 is 2.11 bits per heavy atom. The summed E-state index contributed by atoms with van der Waals surface area (Å²) in [5.74, 6) is 0.0566. The number of hydrogen-bond acceptors (Lipinski definition) is 1. The highest BCUT2D eigenvalue weighted by atomic mass is 35.5. The molecule has 1 aromatic carbocycles. The van der Waals surface area contributed by atoms with Gasteiger partial charge in [-0.3, -0.25) is 4.79 Å². The molecule has 1 aromatic rings. The van der Waals surface area contributed by atoms with Crippen molar-refractivity contribution >= 4 is 17.5 Å². The average Bonchev–Trinajstić information content (AvgIpc) is 2.62. The second-order valence-electron chi connectivity index (χ2n) is 5.67. The van der Waals surface area contributed by atoms with E-state index in [4.69, 9.17) is 11.6 Å². The fourth-order valence-corrected chi connectivity index (χ4v) is 3.54. The third kappa shape index (κ3) is 1.99. The predicted molar refractivity (Wildman–Crippen MR) is 76.7 cm³/mol. The number of amides is 1.